The van der Waals surface area contributed by atoms with Crippen LogP contribution in [0.1, 0.15) is 24.8 Å². The van der Waals surface area contributed by atoms with Gasteiger partial charge in [0.2, 0.25) is 0 Å². The quantitative estimate of drug-likeness (QED) is 0.745. The molecule has 0 amide bonds. The van der Waals surface area contributed by atoms with Gasteiger partial charge < -0.3 is 14.3 Å². The van der Waals surface area contributed by atoms with Crippen molar-refractivity contribution in [3.8, 4) is 11.5 Å². The van der Waals surface area contributed by atoms with E-state index in [-0.39, 0.29) is 5.92 Å². The molecular formula is C12H15ClO3. The van der Waals surface area contributed by atoms with E-state index in [1.807, 2.05) is 13.0 Å². The van der Waals surface area contributed by atoms with Crippen LogP contribution in [0.3, 0.4) is 0 Å². The molecule has 0 saturated carbocycles. The molecule has 0 saturated heterocycles. The van der Waals surface area contributed by atoms with Gasteiger partial charge in [0.25, 0.3) is 0 Å². The highest BCUT2D eigenvalue weighted by molar-refractivity contribution is 6.31. The van der Waals surface area contributed by atoms with Gasteiger partial charge >= 0.3 is 0 Å². The summed E-state index contributed by atoms with van der Waals surface area (Å²) < 4.78 is 10.3. The van der Waals surface area contributed by atoms with E-state index in [4.69, 9.17) is 21.1 Å². The lowest BCUT2D eigenvalue weighted by Crippen LogP contribution is -1.98. The van der Waals surface area contributed by atoms with Crippen molar-refractivity contribution in [2.45, 2.75) is 19.3 Å². The molecule has 1 aromatic rings. The van der Waals surface area contributed by atoms with E-state index in [0.717, 1.165) is 11.8 Å². The Bertz CT molecular complexity index is 377. The second kappa shape index (κ2) is 5.75. The van der Waals surface area contributed by atoms with Crippen LogP contribution in [-0.2, 0) is 4.79 Å². The Labute approximate surface area is 100 Å². The van der Waals surface area contributed by atoms with Crippen LogP contribution >= 0.6 is 11.6 Å². The number of methoxy groups -OCH3 is 2. The third kappa shape index (κ3) is 2.67. The van der Waals surface area contributed by atoms with Crippen LogP contribution in [0.2, 0.25) is 5.02 Å². The summed E-state index contributed by atoms with van der Waals surface area (Å²) >= 11 is 6.12. The fourth-order valence-corrected chi connectivity index (χ4v) is 1.86. The molecule has 0 spiro atoms. The summed E-state index contributed by atoms with van der Waals surface area (Å²) in [5.74, 6) is 1.29. The lowest BCUT2D eigenvalue weighted by molar-refractivity contribution is -0.108. The van der Waals surface area contributed by atoms with E-state index >= 15 is 0 Å². The monoisotopic (exact) mass is 242 g/mol. The first-order valence-corrected chi connectivity index (χ1v) is 5.36. The Morgan fingerprint density at radius 3 is 2.38 bits per heavy atom. The molecule has 4 heteroatoms. The first-order chi connectivity index (χ1) is 7.63. The second-order valence-corrected chi connectivity index (χ2v) is 3.94. The molecule has 0 heterocycles. The molecule has 0 aromatic heterocycles. The first kappa shape index (κ1) is 12.8. The molecule has 0 fully saturated rings. The number of aldehydes is 1. The molecule has 1 aromatic carbocycles. The smallest absolute Gasteiger partial charge is 0.162 e. The van der Waals surface area contributed by atoms with Crippen LogP contribution in [-0.4, -0.2) is 20.5 Å². The van der Waals surface area contributed by atoms with Crippen LogP contribution in [0.25, 0.3) is 0 Å². The SMILES string of the molecule is COc1cc(Cl)c(C(C)CC=O)cc1OC. The molecule has 1 unspecified atom stereocenters. The predicted molar refractivity (Wildman–Crippen MR) is 63.7 cm³/mol. The van der Waals surface area contributed by atoms with E-state index in [0.29, 0.717) is 22.9 Å². The number of hydrogen-bond donors (Lipinski definition) is 0. The minimum absolute atomic E-state index is 0.0739. The largest absolute Gasteiger partial charge is 0.493 e. The van der Waals surface area contributed by atoms with Crippen LogP contribution in [0.5, 0.6) is 11.5 Å². The van der Waals surface area contributed by atoms with Gasteiger partial charge in [-0.1, -0.05) is 18.5 Å². The summed E-state index contributed by atoms with van der Waals surface area (Å²) in [6.45, 7) is 1.95. The van der Waals surface area contributed by atoms with Crippen molar-refractivity contribution in [2.75, 3.05) is 14.2 Å². The highest BCUT2D eigenvalue weighted by Crippen LogP contribution is 2.36. The molecule has 1 atom stereocenters. The molecule has 0 bridgehead atoms. The van der Waals surface area contributed by atoms with Crippen LogP contribution in [0, 0.1) is 0 Å². The summed E-state index contributed by atoms with van der Waals surface area (Å²) in [7, 11) is 3.13. The Hall–Kier alpha value is -1.22. The maximum atomic E-state index is 10.5. The maximum absolute atomic E-state index is 10.5. The molecule has 0 aliphatic rings. The van der Waals surface area contributed by atoms with Crippen molar-refractivity contribution in [1.29, 1.82) is 0 Å². The van der Waals surface area contributed by atoms with E-state index in [1.54, 1.807) is 20.3 Å². The molecule has 16 heavy (non-hydrogen) atoms. The minimum atomic E-state index is 0.0739. The number of hydrogen-bond acceptors (Lipinski definition) is 3. The number of ether oxygens (including phenoxy) is 2. The van der Waals surface area contributed by atoms with Gasteiger partial charge in [-0.2, -0.15) is 0 Å². The number of halogens is 1. The molecule has 88 valence electrons. The number of rotatable bonds is 5. The third-order valence-electron chi connectivity index (χ3n) is 2.48. The van der Waals surface area contributed by atoms with Gasteiger partial charge in [0.05, 0.1) is 14.2 Å². The van der Waals surface area contributed by atoms with Gasteiger partial charge in [0.1, 0.15) is 6.29 Å². The van der Waals surface area contributed by atoms with Gasteiger partial charge in [0.15, 0.2) is 11.5 Å². The molecular weight excluding hydrogens is 228 g/mol. The Kier molecular flexibility index (Phi) is 4.62. The van der Waals surface area contributed by atoms with Gasteiger partial charge in [-0.05, 0) is 17.5 Å². The molecule has 3 nitrogen and oxygen atoms in total. The Balaban J connectivity index is 3.15. The van der Waals surface area contributed by atoms with Crippen molar-refractivity contribution in [3.05, 3.63) is 22.7 Å². The van der Waals surface area contributed by atoms with Gasteiger partial charge in [-0.15, -0.1) is 0 Å². The van der Waals surface area contributed by atoms with Crippen molar-refractivity contribution >= 4 is 17.9 Å². The molecule has 0 N–H and O–H groups in total. The fourth-order valence-electron chi connectivity index (χ4n) is 1.52. The normalized spacial score (nSPS) is 12.0. The topological polar surface area (TPSA) is 35.5 Å². The second-order valence-electron chi connectivity index (χ2n) is 3.53. The Morgan fingerprint density at radius 1 is 1.31 bits per heavy atom. The van der Waals surface area contributed by atoms with E-state index < -0.39 is 0 Å². The van der Waals surface area contributed by atoms with Gasteiger partial charge in [-0.3, -0.25) is 0 Å². The zero-order valence-corrected chi connectivity index (χ0v) is 10.4. The number of carbonyl (C=O) groups is 1. The number of benzene rings is 1. The molecule has 0 aliphatic carbocycles. The van der Waals surface area contributed by atoms with E-state index in [1.165, 1.54) is 0 Å². The standard InChI is InChI=1S/C12H15ClO3/c1-8(4-5-14)9-6-11(15-2)12(16-3)7-10(9)13/h5-8H,4H2,1-3H3. The fraction of sp³-hybridized carbons (Fsp3) is 0.417. The van der Waals surface area contributed by atoms with Crippen LogP contribution in [0.4, 0.5) is 0 Å². The zero-order valence-electron chi connectivity index (χ0n) is 9.62. The minimum Gasteiger partial charge on any atom is -0.493 e. The first-order valence-electron chi connectivity index (χ1n) is 4.99. The zero-order chi connectivity index (χ0) is 12.1. The summed E-state index contributed by atoms with van der Waals surface area (Å²) in [6, 6.07) is 3.52. The van der Waals surface area contributed by atoms with E-state index in [9.17, 15) is 4.79 Å². The highest BCUT2D eigenvalue weighted by atomic mass is 35.5. The summed E-state index contributed by atoms with van der Waals surface area (Å²) in [4.78, 5) is 10.5. The van der Waals surface area contributed by atoms with Crippen LogP contribution < -0.4 is 9.47 Å². The third-order valence-corrected chi connectivity index (χ3v) is 2.81. The van der Waals surface area contributed by atoms with Crippen molar-refractivity contribution in [3.63, 3.8) is 0 Å². The maximum Gasteiger partial charge on any atom is 0.162 e. The molecule has 0 radical (unpaired) electrons. The summed E-state index contributed by atoms with van der Waals surface area (Å²) in [5.41, 5.74) is 0.895. The summed E-state index contributed by atoms with van der Waals surface area (Å²) in [5, 5.41) is 0.590. The average Bonchev–Trinajstić information content (AvgIpc) is 2.28. The molecule has 1 rings (SSSR count). The highest BCUT2D eigenvalue weighted by Gasteiger charge is 2.14. The van der Waals surface area contributed by atoms with Crippen LogP contribution in [0.15, 0.2) is 12.1 Å². The van der Waals surface area contributed by atoms with Gasteiger partial charge in [0, 0.05) is 17.5 Å². The molecule has 0 aliphatic heterocycles. The lowest BCUT2D eigenvalue weighted by atomic mass is 9.98. The summed E-state index contributed by atoms with van der Waals surface area (Å²) in [6.07, 6.45) is 1.33. The predicted octanol–water partition coefficient (Wildman–Crippen LogP) is 3.05. The van der Waals surface area contributed by atoms with Crippen molar-refractivity contribution in [2.24, 2.45) is 0 Å². The van der Waals surface area contributed by atoms with E-state index in [2.05, 4.69) is 0 Å². The number of carbonyl (C=O) groups excluding carboxylic acids is 1. The lowest BCUT2D eigenvalue weighted by Gasteiger charge is -2.15. The van der Waals surface area contributed by atoms with Crippen molar-refractivity contribution < 1.29 is 14.3 Å². The average molecular weight is 243 g/mol. The Morgan fingerprint density at radius 2 is 1.88 bits per heavy atom. The van der Waals surface area contributed by atoms with Gasteiger partial charge in [-0.25, -0.2) is 0 Å². The van der Waals surface area contributed by atoms with Crippen molar-refractivity contribution in [1.82, 2.24) is 0 Å².